The molecule has 1 saturated heterocycles. The van der Waals surface area contributed by atoms with Crippen LogP contribution >= 0.6 is 11.6 Å². The van der Waals surface area contributed by atoms with Crippen LogP contribution in [0.4, 0.5) is 5.69 Å². The van der Waals surface area contributed by atoms with Gasteiger partial charge in [0, 0.05) is 11.4 Å². The zero-order valence-corrected chi connectivity index (χ0v) is 15.4. The number of ether oxygens (including phenoxy) is 1. The van der Waals surface area contributed by atoms with Crippen LogP contribution in [0.1, 0.15) is 28.6 Å². The van der Waals surface area contributed by atoms with Crippen LogP contribution in [0, 0.1) is 6.92 Å². The third-order valence-electron chi connectivity index (χ3n) is 4.12. The van der Waals surface area contributed by atoms with Crippen molar-refractivity contribution in [3.05, 3.63) is 40.7 Å². The molecule has 1 N–H and O–H groups in total. The number of amides is 1. The van der Waals surface area contributed by atoms with E-state index in [4.69, 9.17) is 16.3 Å². The zero-order chi connectivity index (χ0) is 18.2. The number of carbonyl (C=O) groups excluding carboxylic acids is 1. The molecule has 9 heteroatoms. The van der Waals surface area contributed by atoms with E-state index in [2.05, 4.69) is 10.4 Å². The number of sulfone groups is 1. The van der Waals surface area contributed by atoms with Gasteiger partial charge in [-0.25, -0.2) is 8.42 Å². The minimum Gasteiger partial charge on any atom is -0.495 e. The molecule has 25 heavy (non-hydrogen) atoms. The van der Waals surface area contributed by atoms with Gasteiger partial charge in [0.1, 0.15) is 5.75 Å². The Morgan fingerprint density at radius 1 is 1.40 bits per heavy atom. The Hall–Kier alpha value is -2.06. The number of anilines is 1. The molecule has 1 atom stereocenters. The van der Waals surface area contributed by atoms with Gasteiger partial charge >= 0.3 is 0 Å². The average Bonchev–Trinajstić information content (AvgIpc) is 3.10. The standard InChI is InChI=1S/C16H18ClN3O4S/c1-10-7-14(19-20(10)12-5-6-25(22,23)9-12)16(21)18-11-3-4-15(24-2)13(17)8-11/h3-4,7-8,12H,5-6,9H2,1-2H3,(H,18,21). The lowest BCUT2D eigenvalue weighted by Crippen LogP contribution is -2.16. The number of halogens is 1. The topological polar surface area (TPSA) is 90.3 Å². The molecule has 0 saturated carbocycles. The first-order chi connectivity index (χ1) is 11.8. The van der Waals surface area contributed by atoms with Crippen molar-refractivity contribution in [3.8, 4) is 5.75 Å². The highest BCUT2D eigenvalue weighted by atomic mass is 35.5. The largest absolute Gasteiger partial charge is 0.495 e. The second-order valence-corrected chi connectivity index (χ2v) is 8.61. The highest BCUT2D eigenvalue weighted by molar-refractivity contribution is 7.91. The maximum absolute atomic E-state index is 12.4. The molecule has 0 spiro atoms. The summed E-state index contributed by atoms with van der Waals surface area (Å²) < 4.78 is 30.0. The lowest BCUT2D eigenvalue weighted by Gasteiger charge is -2.10. The molecule has 2 aromatic rings. The van der Waals surface area contributed by atoms with E-state index in [9.17, 15) is 13.2 Å². The van der Waals surface area contributed by atoms with E-state index in [0.29, 0.717) is 22.9 Å². The van der Waals surface area contributed by atoms with E-state index in [-0.39, 0.29) is 29.1 Å². The predicted molar refractivity (Wildman–Crippen MR) is 95.2 cm³/mol. The second-order valence-electron chi connectivity index (χ2n) is 5.98. The molecule has 1 aromatic heterocycles. The Morgan fingerprint density at radius 2 is 2.16 bits per heavy atom. The molecule has 0 radical (unpaired) electrons. The molecule has 0 bridgehead atoms. The van der Waals surface area contributed by atoms with Crippen molar-refractivity contribution in [2.24, 2.45) is 0 Å². The van der Waals surface area contributed by atoms with Gasteiger partial charge in [0.25, 0.3) is 5.91 Å². The number of methoxy groups -OCH3 is 1. The summed E-state index contributed by atoms with van der Waals surface area (Å²) in [6.07, 6.45) is 0.514. The summed E-state index contributed by atoms with van der Waals surface area (Å²) in [7, 11) is -1.51. The fourth-order valence-electron chi connectivity index (χ4n) is 2.88. The maximum Gasteiger partial charge on any atom is 0.276 e. The van der Waals surface area contributed by atoms with Crippen LogP contribution in [0.15, 0.2) is 24.3 Å². The first kappa shape index (κ1) is 17.8. The molecule has 0 aliphatic carbocycles. The Labute approximate surface area is 150 Å². The summed E-state index contributed by atoms with van der Waals surface area (Å²) in [5.74, 6) is 0.346. The van der Waals surface area contributed by atoms with Gasteiger partial charge in [-0.15, -0.1) is 0 Å². The highest BCUT2D eigenvalue weighted by Gasteiger charge is 2.31. The molecule has 1 aromatic carbocycles. The summed E-state index contributed by atoms with van der Waals surface area (Å²) in [5, 5.41) is 7.40. The molecule has 1 aliphatic rings. The van der Waals surface area contributed by atoms with E-state index < -0.39 is 9.84 Å². The first-order valence-corrected chi connectivity index (χ1v) is 9.90. The van der Waals surface area contributed by atoms with Crippen LogP contribution < -0.4 is 10.1 Å². The number of rotatable bonds is 4. The molecule has 3 rings (SSSR count). The predicted octanol–water partition coefficient (Wildman–Crippen LogP) is 2.47. The molecule has 1 fully saturated rings. The van der Waals surface area contributed by atoms with Gasteiger partial charge in [0.15, 0.2) is 15.5 Å². The van der Waals surface area contributed by atoms with Crippen molar-refractivity contribution in [1.29, 1.82) is 0 Å². The highest BCUT2D eigenvalue weighted by Crippen LogP contribution is 2.28. The third-order valence-corrected chi connectivity index (χ3v) is 6.16. The molecule has 1 unspecified atom stereocenters. The van der Waals surface area contributed by atoms with Gasteiger partial charge in [0.05, 0.1) is 29.7 Å². The number of hydrogen-bond acceptors (Lipinski definition) is 5. The van der Waals surface area contributed by atoms with Crippen LogP contribution in [-0.4, -0.2) is 42.7 Å². The number of benzene rings is 1. The van der Waals surface area contributed by atoms with Gasteiger partial charge in [-0.05, 0) is 37.6 Å². The van der Waals surface area contributed by atoms with E-state index >= 15 is 0 Å². The molecule has 134 valence electrons. The minimum atomic E-state index is -3.02. The summed E-state index contributed by atoms with van der Waals surface area (Å²) in [6, 6.07) is 6.35. The van der Waals surface area contributed by atoms with E-state index in [1.165, 1.54) is 7.11 Å². The van der Waals surface area contributed by atoms with Crippen LogP contribution in [-0.2, 0) is 9.84 Å². The molecule has 7 nitrogen and oxygen atoms in total. The number of carbonyl (C=O) groups is 1. The van der Waals surface area contributed by atoms with Crippen molar-refractivity contribution >= 4 is 33.0 Å². The third kappa shape index (κ3) is 3.80. The lowest BCUT2D eigenvalue weighted by molar-refractivity contribution is 0.102. The number of hydrogen-bond donors (Lipinski definition) is 1. The summed E-state index contributed by atoms with van der Waals surface area (Å²) >= 11 is 6.05. The molecular weight excluding hydrogens is 366 g/mol. The van der Waals surface area contributed by atoms with Crippen molar-refractivity contribution in [2.75, 3.05) is 23.9 Å². The molecule has 1 aliphatic heterocycles. The number of nitrogens with zero attached hydrogens (tertiary/aromatic N) is 2. The van der Waals surface area contributed by atoms with E-state index in [1.54, 1.807) is 35.9 Å². The second kappa shape index (κ2) is 6.68. The first-order valence-electron chi connectivity index (χ1n) is 7.70. The van der Waals surface area contributed by atoms with E-state index in [0.717, 1.165) is 5.69 Å². The lowest BCUT2D eigenvalue weighted by atomic mass is 10.2. The van der Waals surface area contributed by atoms with Gasteiger partial charge in [-0.1, -0.05) is 11.6 Å². The monoisotopic (exact) mass is 383 g/mol. The Balaban J connectivity index is 1.77. The average molecular weight is 384 g/mol. The smallest absolute Gasteiger partial charge is 0.276 e. The van der Waals surface area contributed by atoms with Crippen LogP contribution in [0.3, 0.4) is 0 Å². The Morgan fingerprint density at radius 3 is 2.76 bits per heavy atom. The number of aromatic nitrogens is 2. The molecule has 1 amide bonds. The summed E-state index contributed by atoms with van der Waals surface area (Å²) in [5.41, 5.74) is 1.50. The molecular formula is C16H18ClN3O4S. The zero-order valence-electron chi connectivity index (χ0n) is 13.8. The van der Waals surface area contributed by atoms with Gasteiger partial charge in [-0.2, -0.15) is 5.10 Å². The van der Waals surface area contributed by atoms with Crippen molar-refractivity contribution < 1.29 is 17.9 Å². The number of aryl methyl sites for hydroxylation is 1. The Bertz CT molecular complexity index is 923. The summed E-state index contributed by atoms with van der Waals surface area (Å²) in [6.45, 7) is 1.80. The minimum absolute atomic E-state index is 0.0602. The summed E-state index contributed by atoms with van der Waals surface area (Å²) in [4.78, 5) is 12.4. The van der Waals surface area contributed by atoms with Crippen molar-refractivity contribution in [3.63, 3.8) is 0 Å². The van der Waals surface area contributed by atoms with Crippen LogP contribution in [0.25, 0.3) is 0 Å². The maximum atomic E-state index is 12.4. The number of nitrogens with one attached hydrogen (secondary N) is 1. The van der Waals surface area contributed by atoms with Crippen molar-refractivity contribution in [1.82, 2.24) is 9.78 Å². The van der Waals surface area contributed by atoms with Crippen LogP contribution in [0.2, 0.25) is 5.02 Å². The Kier molecular flexibility index (Phi) is 4.75. The fourth-order valence-corrected chi connectivity index (χ4v) is 4.83. The van der Waals surface area contributed by atoms with Crippen LogP contribution in [0.5, 0.6) is 5.75 Å². The van der Waals surface area contributed by atoms with Crippen molar-refractivity contribution in [2.45, 2.75) is 19.4 Å². The van der Waals surface area contributed by atoms with Gasteiger partial charge < -0.3 is 10.1 Å². The fraction of sp³-hybridized carbons (Fsp3) is 0.375. The van der Waals surface area contributed by atoms with Gasteiger partial charge in [0.2, 0.25) is 0 Å². The molecule has 2 heterocycles. The van der Waals surface area contributed by atoms with E-state index in [1.807, 2.05) is 0 Å². The SMILES string of the molecule is COc1ccc(NC(=O)c2cc(C)n(C3CCS(=O)(=O)C3)n2)cc1Cl. The quantitative estimate of drug-likeness (QED) is 0.875. The van der Waals surface area contributed by atoms with Gasteiger partial charge in [-0.3, -0.25) is 9.48 Å². The normalized spacial score (nSPS) is 18.9.